The SMILES string of the molecule is CCC(C)NC(=O)CCNS(=O)(=O)c1ccc(O)cc1. The molecule has 0 aromatic heterocycles. The zero-order valence-electron chi connectivity index (χ0n) is 11.6. The molecular formula is C13H20N2O4S. The van der Waals surface area contributed by atoms with Crippen LogP contribution < -0.4 is 10.0 Å². The second kappa shape index (κ2) is 7.25. The van der Waals surface area contributed by atoms with Crippen molar-refractivity contribution >= 4 is 15.9 Å². The maximum Gasteiger partial charge on any atom is 0.240 e. The Bertz CT molecular complexity index is 540. The molecule has 0 spiro atoms. The molecular weight excluding hydrogens is 280 g/mol. The number of carbonyl (C=O) groups excluding carboxylic acids is 1. The molecule has 0 saturated heterocycles. The number of nitrogens with one attached hydrogen (secondary N) is 2. The Balaban J connectivity index is 2.48. The first-order valence-corrected chi connectivity index (χ1v) is 7.91. The molecule has 0 aliphatic carbocycles. The highest BCUT2D eigenvalue weighted by Gasteiger charge is 2.14. The number of phenols is 1. The van der Waals surface area contributed by atoms with Crippen molar-refractivity contribution in [1.29, 1.82) is 0 Å². The second-order valence-electron chi connectivity index (χ2n) is 4.52. The normalized spacial score (nSPS) is 12.9. The van der Waals surface area contributed by atoms with E-state index in [1.54, 1.807) is 0 Å². The molecule has 1 amide bonds. The van der Waals surface area contributed by atoms with Gasteiger partial charge in [-0.1, -0.05) is 6.92 Å². The van der Waals surface area contributed by atoms with Gasteiger partial charge in [-0.15, -0.1) is 0 Å². The molecule has 0 bridgehead atoms. The van der Waals surface area contributed by atoms with Crippen LogP contribution in [0.25, 0.3) is 0 Å². The van der Waals surface area contributed by atoms with Gasteiger partial charge in [0.15, 0.2) is 0 Å². The first-order valence-electron chi connectivity index (χ1n) is 6.43. The number of aromatic hydroxyl groups is 1. The highest BCUT2D eigenvalue weighted by atomic mass is 32.2. The van der Waals surface area contributed by atoms with E-state index < -0.39 is 10.0 Å². The molecule has 7 heteroatoms. The van der Waals surface area contributed by atoms with Gasteiger partial charge in [-0.05, 0) is 37.6 Å². The predicted molar refractivity (Wildman–Crippen MR) is 75.8 cm³/mol. The van der Waals surface area contributed by atoms with E-state index >= 15 is 0 Å². The molecule has 1 aromatic rings. The van der Waals surface area contributed by atoms with Gasteiger partial charge in [-0.3, -0.25) is 4.79 Å². The number of amides is 1. The molecule has 20 heavy (non-hydrogen) atoms. The molecule has 6 nitrogen and oxygen atoms in total. The Kier molecular flexibility index (Phi) is 5.97. The summed E-state index contributed by atoms with van der Waals surface area (Å²) >= 11 is 0. The molecule has 0 saturated carbocycles. The first kappa shape index (κ1) is 16.5. The molecule has 3 N–H and O–H groups in total. The largest absolute Gasteiger partial charge is 0.508 e. The number of rotatable bonds is 7. The number of hydrogen-bond acceptors (Lipinski definition) is 4. The lowest BCUT2D eigenvalue weighted by molar-refractivity contribution is -0.121. The van der Waals surface area contributed by atoms with Gasteiger partial charge in [-0.25, -0.2) is 13.1 Å². The monoisotopic (exact) mass is 300 g/mol. The van der Waals surface area contributed by atoms with Crippen molar-refractivity contribution in [1.82, 2.24) is 10.0 Å². The van der Waals surface area contributed by atoms with Crippen LogP contribution in [0.3, 0.4) is 0 Å². The summed E-state index contributed by atoms with van der Waals surface area (Å²) in [4.78, 5) is 11.6. The lowest BCUT2D eigenvalue weighted by Crippen LogP contribution is -2.35. The number of benzene rings is 1. The number of hydrogen-bond donors (Lipinski definition) is 3. The zero-order valence-corrected chi connectivity index (χ0v) is 12.4. The van der Waals surface area contributed by atoms with Gasteiger partial charge in [0.1, 0.15) is 5.75 Å². The van der Waals surface area contributed by atoms with Crippen LogP contribution >= 0.6 is 0 Å². The minimum atomic E-state index is -3.65. The Hall–Kier alpha value is -1.60. The van der Waals surface area contributed by atoms with Crippen molar-refractivity contribution in [2.24, 2.45) is 0 Å². The van der Waals surface area contributed by atoms with Gasteiger partial charge in [-0.2, -0.15) is 0 Å². The summed E-state index contributed by atoms with van der Waals surface area (Å²) in [5.41, 5.74) is 0. The van der Waals surface area contributed by atoms with Crippen LogP contribution in [-0.2, 0) is 14.8 Å². The third-order valence-corrected chi connectivity index (χ3v) is 4.29. The van der Waals surface area contributed by atoms with Crippen LogP contribution in [0.1, 0.15) is 26.7 Å². The summed E-state index contributed by atoms with van der Waals surface area (Å²) in [5.74, 6) is -0.190. The van der Waals surface area contributed by atoms with Gasteiger partial charge >= 0.3 is 0 Å². The predicted octanol–water partition coefficient (Wildman–Crippen LogP) is 0.975. The molecule has 0 heterocycles. The molecule has 1 unspecified atom stereocenters. The minimum absolute atomic E-state index is 0.00289. The molecule has 0 fully saturated rings. The zero-order chi connectivity index (χ0) is 15.2. The van der Waals surface area contributed by atoms with E-state index in [2.05, 4.69) is 10.0 Å². The van der Waals surface area contributed by atoms with Crippen molar-refractivity contribution in [3.63, 3.8) is 0 Å². The molecule has 0 aliphatic heterocycles. The topological polar surface area (TPSA) is 95.5 Å². The average molecular weight is 300 g/mol. The summed E-state index contributed by atoms with van der Waals surface area (Å²) in [7, 11) is -3.65. The number of carbonyl (C=O) groups is 1. The lowest BCUT2D eigenvalue weighted by atomic mass is 10.2. The fraction of sp³-hybridized carbons (Fsp3) is 0.462. The fourth-order valence-corrected chi connectivity index (χ4v) is 2.49. The van der Waals surface area contributed by atoms with Gasteiger partial charge in [0.2, 0.25) is 15.9 Å². The maximum atomic E-state index is 11.9. The highest BCUT2D eigenvalue weighted by Crippen LogP contribution is 2.13. The number of phenolic OH excluding ortho intramolecular Hbond substituents is 1. The van der Waals surface area contributed by atoms with Crippen molar-refractivity contribution in [3.8, 4) is 5.75 Å². The molecule has 1 rings (SSSR count). The van der Waals surface area contributed by atoms with Crippen molar-refractivity contribution in [2.45, 2.75) is 37.6 Å². The standard InChI is InChI=1S/C13H20N2O4S/c1-3-10(2)15-13(17)8-9-14-20(18,19)12-6-4-11(16)5-7-12/h4-7,10,14,16H,3,8-9H2,1-2H3,(H,15,17). The summed E-state index contributed by atoms with van der Waals surface area (Å²) in [6, 6.07) is 5.28. The van der Waals surface area contributed by atoms with Gasteiger partial charge < -0.3 is 10.4 Å². The lowest BCUT2D eigenvalue weighted by Gasteiger charge is -2.11. The summed E-state index contributed by atoms with van der Waals surface area (Å²) < 4.78 is 26.1. The van der Waals surface area contributed by atoms with E-state index in [1.165, 1.54) is 24.3 Å². The van der Waals surface area contributed by atoms with Crippen LogP contribution in [0.4, 0.5) is 0 Å². The van der Waals surface area contributed by atoms with Gasteiger partial charge in [0.25, 0.3) is 0 Å². The van der Waals surface area contributed by atoms with Gasteiger partial charge in [0.05, 0.1) is 4.90 Å². The molecule has 1 aromatic carbocycles. The Morgan fingerprint density at radius 2 is 1.90 bits per heavy atom. The van der Waals surface area contributed by atoms with Crippen LogP contribution in [0.2, 0.25) is 0 Å². The molecule has 0 aliphatic rings. The Morgan fingerprint density at radius 3 is 2.45 bits per heavy atom. The second-order valence-corrected chi connectivity index (χ2v) is 6.29. The third-order valence-electron chi connectivity index (χ3n) is 2.81. The van der Waals surface area contributed by atoms with Crippen LogP contribution in [0.15, 0.2) is 29.2 Å². The van der Waals surface area contributed by atoms with E-state index in [9.17, 15) is 13.2 Å². The maximum absolute atomic E-state index is 11.9. The van der Waals surface area contributed by atoms with Gasteiger partial charge in [0, 0.05) is 19.0 Å². The first-order chi connectivity index (χ1) is 9.35. The Labute approximate surface area is 119 Å². The fourth-order valence-electron chi connectivity index (χ4n) is 1.46. The van der Waals surface area contributed by atoms with Crippen LogP contribution in [-0.4, -0.2) is 32.0 Å². The molecule has 0 radical (unpaired) electrons. The summed E-state index contributed by atoms with van der Waals surface area (Å²) in [6.07, 6.45) is 0.909. The molecule has 1 atom stereocenters. The highest BCUT2D eigenvalue weighted by molar-refractivity contribution is 7.89. The number of sulfonamides is 1. The third kappa shape index (κ3) is 5.18. The Morgan fingerprint density at radius 1 is 1.30 bits per heavy atom. The van der Waals surface area contributed by atoms with E-state index in [0.29, 0.717) is 0 Å². The smallest absolute Gasteiger partial charge is 0.240 e. The van der Waals surface area contributed by atoms with Crippen LogP contribution in [0.5, 0.6) is 5.75 Å². The van der Waals surface area contributed by atoms with Crippen molar-refractivity contribution < 1.29 is 18.3 Å². The van der Waals surface area contributed by atoms with E-state index in [1.807, 2.05) is 13.8 Å². The summed E-state index contributed by atoms with van der Waals surface area (Å²) in [5, 5.41) is 11.9. The molecule has 112 valence electrons. The summed E-state index contributed by atoms with van der Waals surface area (Å²) in [6.45, 7) is 3.88. The minimum Gasteiger partial charge on any atom is -0.508 e. The van der Waals surface area contributed by atoms with Crippen molar-refractivity contribution in [3.05, 3.63) is 24.3 Å². The van der Waals surface area contributed by atoms with E-state index in [0.717, 1.165) is 6.42 Å². The van der Waals surface area contributed by atoms with E-state index in [4.69, 9.17) is 5.11 Å². The van der Waals surface area contributed by atoms with Crippen LogP contribution in [0, 0.1) is 0 Å². The quantitative estimate of drug-likeness (QED) is 0.699. The average Bonchev–Trinajstić information content (AvgIpc) is 2.38. The van der Waals surface area contributed by atoms with Crippen molar-refractivity contribution in [2.75, 3.05) is 6.54 Å². The van der Waals surface area contributed by atoms with E-state index in [-0.39, 0.29) is 35.6 Å².